The van der Waals surface area contributed by atoms with Gasteiger partial charge in [0.25, 0.3) is 0 Å². The summed E-state index contributed by atoms with van der Waals surface area (Å²) in [6.07, 6.45) is 4.58. The van der Waals surface area contributed by atoms with Gasteiger partial charge in [-0.25, -0.2) is 0 Å². The highest BCUT2D eigenvalue weighted by molar-refractivity contribution is 5.70. The van der Waals surface area contributed by atoms with Gasteiger partial charge in [-0.15, -0.1) is 0 Å². The van der Waals surface area contributed by atoms with Crippen molar-refractivity contribution in [3.05, 3.63) is 0 Å². The highest BCUT2D eigenvalue weighted by Crippen LogP contribution is 2.33. The molecule has 1 aliphatic rings. The average molecular weight is 257 g/mol. The molecule has 1 rings (SSSR count). The summed E-state index contributed by atoms with van der Waals surface area (Å²) >= 11 is 0. The molecule has 0 saturated heterocycles. The zero-order chi connectivity index (χ0) is 13.8. The molecule has 106 valence electrons. The average Bonchev–Trinajstić information content (AvgIpc) is 2.30. The minimum atomic E-state index is -0.717. The van der Waals surface area contributed by atoms with Crippen LogP contribution in [0.1, 0.15) is 52.4 Å². The van der Waals surface area contributed by atoms with Crippen molar-refractivity contribution < 1.29 is 15.0 Å². The van der Waals surface area contributed by atoms with Crippen LogP contribution in [0, 0.1) is 5.92 Å². The Bertz CT molecular complexity index is 268. The van der Waals surface area contributed by atoms with Crippen LogP contribution >= 0.6 is 0 Å². The molecule has 1 saturated carbocycles. The van der Waals surface area contributed by atoms with E-state index >= 15 is 0 Å². The van der Waals surface area contributed by atoms with Crippen molar-refractivity contribution in [3.8, 4) is 0 Å². The number of hydrogen-bond donors (Lipinski definition) is 2. The summed E-state index contributed by atoms with van der Waals surface area (Å²) in [7, 11) is 2.05. The van der Waals surface area contributed by atoms with Crippen molar-refractivity contribution in [1.29, 1.82) is 0 Å². The third kappa shape index (κ3) is 3.95. The first-order chi connectivity index (χ1) is 8.41. The van der Waals surface area contributed by atoms with Crippen LogP contribution < -0.4 is 0 Å². The third-order valence-electron chi connectivity index (χ3n) is 4.38. The Labute approximate surface area is 110 Å². The second-order valence-electron chi connectivity index (χ2n) is 5.72. The SMILES string of the molecule is CCC(CC)N(C)CC1(O)CCC(C(=O)O)CC1. The van der Waals surface area contributed by atoms with Crippen LogP contribution in [0.15, 0.2) is 0 Å². The predicted octanol–water partition coefficient (Wildman–Crippen LogP) is 2.11. The van der Waals surface area contributed by atoms with E-state index in [1.54, 1.807) is 0 Å². The van der Waals surface area contributed by atoms with Gasteiger partial charge >= 0.3 is 5.97 Å². The van der Waals surface area contributed by atoms with E-state index in [2.05, 4.69) is 25.8 Å². The first-order valence-electron chi connectivity index (χ1n) is 7.07. The zero-order valence-electron chi connectivity index (χ0n) is 11.9. The van der Waals surface area contributed by atoms with E-state index in [4.69, 9.17) is 5.11 Å². The molecule has 0 spiro atoms. The van der Waals surface area contributed by atoms with Gasteiger partial charge in [-0.1, -0.05) is 13.8 Å². The largest absolute Gasteiger partial charge is 0.481 e. The summed E-state index contributed by atoms with van der Waals surface area (Å²) in [4.78, 5) is 13.1. The van der Waals surface area contributed by atoms with Crippen molar-refractivity contribution in [3.63, 3.8) is 0 Å². The lowest BCUT2D eigenvalue weighted by molar-refractivity contribution is -0.145. The topological polar surface area (TPSA) is 60.8 Å². The first-order valence-corrected chi connectivity index (χ1v) is 7.07. The lowest BCUT2D eigenvalue weighted by atomic mass is 9.78. The van der Waals surface area contributed by atoms with Crippen molar-refractivity contribution in [1.82, 2.24) is 4.90 Å². The maximum atomic E-state index is 10.9. The standard InChI is InChI=1S/C14H27NO3/c1-4-12(5-2)15(3)10-14(18)8-6-11(7-9-14)13(16)17/h11-12,18H,4-10H2,1-3H3,(H,16,17). The van der Waals surface area contributed by atoms with Crippen molar-refractivity contribution in [2.45, 2.75) is 64.0 Å². The minimum absolute atomic E-state index is 0.260. The first kappa shape index (κ1) is 15.4. The van der Waals surface area contributed by atoms with Crippen LogP contribution in [0.25, 0.3) is 0 Å². The van der Waals surface area contributed by atoms with Gasteiger partial charge in [-0.3, -0.25) is 4.79 Å². The third-order valence-corrected chi connectivity index (χ3v) is 4.38. The number of hydrogen-bond acceptors (Lipinski definition) is 3. The molecule has 0 amide bonds. The fourth-order valence-electron chi connectivity index (χ4n) is 3.07. The van der Waals surface area contributed by atoms with Crippen molar-refractivity contribution in [2.75, 3.05) is 13.6 Å². The Balaban J connectivity index is 2.49. The molecule has 0 bridgehead atoms. The number of aliphatic hydroxyl groups is 1. The molecule has 4 nitrogen and oxygen atoms in total. The normalized spacial score (nSPS) is 28.9. The fraction of sp³-hybridized carbons (Fsp3) is 0.929. The van der Waals surface area contributed by atoms with Gasteiger partial charge in [0.15, 0.2) is 0 Å². The van der Waals surface area contributed by atoms with E-state index in [0.717, 1.165) is 12.8 Å². The lowest BCUT2D eigenvalue weighted by Crippen LogP contribution is -2.47. The second kappa shape index (κ2) is 6.53. The van der Waals surface area contributed by atoms with E-state index in [1.165, 1.54) is 0 Å². The quantitative estimate of drug-likeness (QED) is 0.765. The highest BCUT2D eigenvalue weighted by atomic mass is 16.4. The van der Waals surface area contributed by atoms with Crippen LogP contribution in [-0.4, -0.2) is 46.3 Å². The number of aliphatic carboxylic acids is 1. The molecule has 0 aliphatic heterocycles. The zero-order valence-corrected chi connectivity index (χ0v) is 11.9. The fourth-order valence-corrected chi connectivity index (χ4v) is 3.07. The number of carboxylic acids is 1. The van der Waals surface area contributed by atoms with Gasteiger partial charge in [0.05, 0.1) is 11.5 Å². The number of carboxylic acid groups (broad SMARTS) is 1. The molecule has 0 atom stereocenters. The Morgan fingerprint density at radius 2 is 1.83 bits per heavy atom. The Kier molecular flexibility index (Phi) is 5.60. The van der Waals surface area contributed by atoms with Gasteiger partial charge in [0, 0.05) is 12.6 Å². The van der Waals surface area contributed by atoms with Gasteiger partial charge in [-0.2, -0.15) is 0 Å². The summed E-state index contributed by atoms with van der Waals surface area (Å²) in [6.45, 7) is 4.98. The molecule has 2 N–H and O–H groups in total. The highest BCUT2D eigenvalue weighted by Gasteiger charge is 2.37. The minimum Gasteiger partial charge on any atom is -0.481 e. The summed E-state index contributed by atoms with van der Waals surface area (Å²) in [6, 6.07) is 0.506. The molecular formula is C14H27NO3. The van der Waals surface area contributed by atoms with E-state index in [0.29, 0.717) is 38.3 Å². The number of likely N-dealkylation sites (N-methyl/N-ethyl adjacent to an activating group) is 1. The molecule has 0 aromatic carbocycles. The van der Waals surface area contributed by atoms with E-state index in [1.807, 2.05) is 0 Å². The molecule has 1 fully saturated rings. The smallest absolute Gasteiger partial charge is 0.306 e. The van der Waals surface area contributed by atoms with Crippen LogP contribution in [0.2, 0.25) is 0 Å². The molecule has 18 heavy (non-hydrogen) atoms. The molecule has 1 aliphatic carbocycles. The summed E-state index contributed by atoms with van der Waals surface area (Å²) in [5.41, 5.74) is -0.691. The number of rotatable bonds is 6. The summed E-state index contributed by atoms with van der Waals surface area (Å²) in [5, 5.41) is 19.5. The molecule has 0 aromatic heterocycles. The van der Waals surface area contributed by atoms with Crippen LogP contribution in [-0.2, 0) is 4.79 Å². The van der Waals surface area contributed by atoms with Gasteiger partial charge < -0.3 is 15.1 Å². The maximum Gasteiger partial charge on any atom is 0.306 e. The van der Waals surface area contributed by atoms with E-state index in [-0.39, 0.29) is 5.92 Å². The molecule has 0 unspecified atom stereocenters. The maximum absolute atomic E-state index is 10.9. The molecule has 0 heterocycles. The van der Waals surface area contributed by atoms with Crippen LogP contribution in [0.3, 0.4) is 0 Å². The second-order valence-corrected chi connectivity index (χ2v) is 5.72. The van der Waals surface area contributed by atoms with Gasteiger partial charge in [0.2, 0.25) is 0 Å². The summed E-state index contributed by atoms with van der Waals surface area (Å²) < 4.78 is 0. The van der Waals surface area contributed by atoms with Crippen LogP contribution in [0.5, 0.6) is 0 Å². The van der Waals surface area contributed by atoms with Crippen molar-refractivity contribution in [2.24, 2.45) is 5.92 Å². The predicted molar refractivity (Wildman–Crippen MR) is 71.5 cm³/mol. The monoisotopic (exact) mass is 257 g/mol. The van der Waals surface area contributed by atoms with Gasteiger partial charge in [0.1, 0.15) is 0 Å². The van der Waals surface area contributed by atoms with Crippen molar-refractivity contribution >= 4 is 5.97 Å². The Morgan fingerprint density at radius 3 is 2.22 bits per heavy atom. The Hall–Kier alpha value is -0.610. The Morgan fingerprint density at radius 1 is 1.33 bits per heavy atom. The number of nitrogens with zero attached hydrogens (tertiary/aromatic N) is 1. The summed E-state index contributed by atoms with van der Waals surface area (Å²) in [5.74, 6) is -0.978. The molecule has 0 radical (unpaired) electrons. The van der Waals surface area contributed by atoms with E-state index in [9.17, 15) is 9.90 Å². The molecule has 0 aromatic rings. The lowest BCUT2D eigenvalue weighted by Gasteiger charge is -2.39. The number of carbonyl (C=O) groups is 1. The van der Waals surface area contributed by atoms with Gasteiger partial charge in [-0.05, 0) is 45.6 Å². The van der Waals surface area contributed by atoms with E-state index < -0.39 is 11.6 Å². The molecular weight excluding hydrogens is 230 g/mol. The van der Waals surface area contributed by atoms with Crippen LogP contribution in [0.4, 0.5) is 0 Å². The molecule has 4 heteroatoms.